The van der Waals surface area contributed by atoms with Gasteiger partial charge in [0.25, 0.3) is 0 Å². The number of nitrogens with two attached hydrogens (primary N) is 1. The predicted octanol–water partition coefficient (Wildman–Crippen LogP) is 5.08. The van der Waals surface area contributed by atoms with Crippen LogP contribution in [0.5, 0.6) is 5.75 Å². The van der Waals surface area contributed by atoms with Crippen molar-refractivity contribution in [2.75, 3.05) is 24.6 Å². The van der Waals surface area contributed by atoms with Gasteiger partial charge in [-0.3, -0.25) is 0 Å². The van der Waals surface area contributed by atoms with Crippen molar-refractivity contribution in [3.8, 4) is 5.75 Å². The van der Waals surface area contributed by atoms with Crippen LogP contribution in [0.25, 0.3) is 0 Å². The van der Waals surface area contributed by atoms with Crippen molar-refractivity contribution < 1.29 is 28.2 Å². The quantitative estimate of drug-likeness (QED) is 0.370. The fourth-order valence-electron chi connectivity index (χ4n) is 6.63. The molecule has 0 aromatic heterocycles. The van der Waals surface area contributed by atoms with Crippen LogP contribution in [-0.2, 0) is 10.0 Å². The number of primary sulfonamides is 1. The lowest BCUT2D eigenvalue weighted by atomic mass is 9.70. The molecule has 0 saturated heterocycles. The maximum absolute atomic E-state index is 11.9. The smallest absolute Gasteiger partial charge is 0.335 e. The summed E-state index contributed by atoms with van der Waals surface area (Å²) in [7, 11) is -3.49. The average Bonchev–Trinajstić information content (AvgIpc) is 2.88. The zero-order chi connectivity index (χ0) is 29.4. The van der Waals surface area contributed by atoms with Crippen molar-refractivity contribution in [3.63, 3.8) is 0 Å². The number of carbonyl (C=O) groups is 1. The Morgan fingerprint density at radius 1 is 1.27 bits per heavy atom. The van der Waals surface area contributed by atoms with E-state index < -0.39 is 27.3 Å². The summed E-state index contributed by atoms with van der Waals surface area (Å²) in [5, 5.41) is 26.2. The van der Waals surface area contributed by atoms with Gasteiger partial charge in [-0.15, -0.1) is 0 Å². The number of ether oxygens (including phenoxy) is 1. The third kappa shape index (κ3) is 6.85. The molecule has 1 aromatic carbocycles. The van der Waals surface area contributed by atoms with Crippen LogP contribution in [0.3, 0.4) is 0 Å². The summed E-state index contributed by atoms with van der Waals surface area (Å²) in [4.78, 5) is 14.1. The lowest BCUT2D eigenvalue weighted by Gasteiger charge is -2.43. The molecule has 3 aliphatic carbocycles. The second kappa shape index (κ2) is 12.1. The van der Waals surface area contributed by atoms with Crippen molar-refractivity contribution >= 4 is 33.3 Å². The van der Waals surface area contributed by atoms with E-state index in [0.29, 0.717) is 31.7 Å². The number of hydrogen-bond acceptors (Lipinski definition) is 6. The van der Waals surface area contributed by atoms with E-state index in [1.807, 2.05) is 18.2 Å². The minimum absolute atomic E-state index is 0.0877. The highest BCUT2D eigenvalue weighted by molar-refractivity contribution is 7.89. The van der Waals surface area contributed by atoms with Crippen molar-refractivity contribution in [3.05, 3.63) is 59.2 Å². The molecule has 0 radical (unpaired) electrons. The molecule has 8 nitrogen and oxygen atoms in total. The first-order chi connectivity index (χ1) is 19.4. The van der Waals surface area contributed by atoms with Crippen molar-refractivity contribution in [2.45, 2.75) is 63.2 Å². The second-order valence-electron chi connectivity index (χ2n) is 12.5. The van der Waals surface area contributed by atoms with Gasteiger partial charge in [0, 0.05) is 23.5 Å². The summed E-state index contributed by atoms with van der Waals surface area (Å²) >= 11 is 6.36. The minimum Gasteiger partial charge on any atom is -0.490 e. The fraction of sp³-hybridized carbons (Fsp3) is 0.581. The Kier molecular flexibility index (Phi) is 8.90. The number of hydrogen-bond donors (Lipinski definition) is 3. The molecule has 10 heteroatoms. The van der Waals surface area contributed by atoms with E-state index >= 15 is 0 Å². The van der Waals surface area contributed by atoms with Gasteiger partial charge in [-0.1, -0.05) is 49.2 Å². The molecule has 41 heavy (non-hydrogen) atoms. The van der Waals surface area contributed by atoms with Crippen molar-refractivity contribution in [1.82, 2.24) is 0 Å². The Bertz CT molecular complexity index is 1340. The standard InChI is InChI=1S/C31H41ClN2O6S/c1-31-12-11-24(32)17-23(31)4-2-3-13-34(27-16-21(30(36)37)7-10-29(27)40-19-31)18-22-6-8-26(22)28(35)9-5-20-14-25(15-20)41(33,38)39/h5,7,9-12,16-17,20,22-23,25-26,28,35H,2-4,6,8,13-15,18-19H2,1H3,(H,36,37)(H2,33,38,39)/b9-5+/t20-,22-,23?,25-,26+,28-,31?/m0/s1. The number of aromatic carboxylic acids is 1. The Labute approximate surface area is 247 Å². The topological polar surface area (TPSA) is 130 Å². The molecule has 224 valence electrons. The average molecular weight is 605 g/mol. The van der Waals surface area contributed by atoms with E-state index in [2.05, 4.69) is 24.0 Å². The third-order valence-corrected chi connectivity index (χ3v) is 11.2. The van der Waals surface area contributed by atoms with E-state index in [1.54, 1.807) is 18.2 Å². The summed E-state index contributed by atoms with van der Waals surface area (Å²) in [5.41, 5.74) is 0.773. The molecule has 0 bridgehead atoms. The highest BCUT2D eigenvalue weighted by Gasteiger charge is 2.39. The molecule has 2 fully saturated rings. The van der Waals surface area contributed by atoms with Crippen molar-refractivity contribution in [2.24, 2.45) is 34.2 Å². The van der Waals surface area contributed by atoms with Crippen LogP contribution in [0.4, 0.5) is 5.69 Å². The maximum atomic E-state index is 11.9. The van der Waals surface area contributed by atoms with Gasteiger partial charge in [0.1, 0.15) is 5.75 Å². The molecular weight excluding hydrogens is 564 g/mol. The number of fused-ring (bicyclic) bond motifs is 2. The Morgan fingerprint density at radius 3 is 2.73 bits per heavy atom. The number of rotatable bonds is 7. The molecule has 2 saturated carbocycles. The van der Waals surface area contributed by atoms with E-state index in [4.69, 9.17) is 21.5 Å². The first-order valence-corrected chi connectivity index (χ1v) is 16.6. The van der Waals surface area contributed by atoms with Crippen LogP contribution in [0.15, 0.2) is 53.6 Å². The summed E-state index contributed by atoms with van der Waals surface area (Å²) in [6.07, 6.45) is 15.1. The Balaban J connectivity index is 1.32. The molecule has 0 amide bonds. The molecule has 2 unspecified atom stereocenters. The van der Waals surface area contributed by atoms with Crippen LogP contribution in [-0.4, -0.2) is 55.7 Å². The number of anilines is 1. The van der Waals surface area contributed by atoms with Gasteiger partial charge in [-0.2, -0.15) is 0 Å². The van der Waals surface area contributed by atoms with E-state index in [9.17, 15) is 23.4 Å². The van der Waals surface area contributed by atoms with Crippen molar-refractivity contribution in [1.29, 1.82) is 0 Å². The lowest BCUT2D eigenvalue weighted by Crippen LogP contribution is -2.43. The molecule has 0 spiro atoms. The molecule has 5 rings (SSSR count). The number of benzene rings is 1. The number of allylic oxidation sites excluding steroid dienone is 4. The molecule has 4 N–H and O–H groups in total. The SMILES string of the molecule is CC12C=CC(Cl)=CC1CCCCN(C[C@@H]1CC[C@H]1[C@@H](O)/C=C/[C@H]1C[C@H](S(N)(=O)=O)C1)c1cc(C(=O)O)ccc1OC2. The highest BCUT2D eigenvalue weighted by atomic mass is 35.5. The molecule has 5 atom stereocenters. The van der Waals surface area contributed by atoms with Crippen LogP contribution in [0.2, 0.25) is 0 Å². The predicted molar refractivity (Wildman–Crippen MR) is 161 cm³/mol. The van der Waals surface area contributed by atoms with Crippen LogP contribution < -0.4 is 14.8 Å². The van der Waals surface area contributed by atoms with Gasteiger partial charge in [0.2, 0.25) is 10.0 Å². The minimum atomic E-state index is -3.49. The number of carboxylic acid groups (broad SMARTS) is 1. The Morgan fingerprint density at radius 2 is 2.05 bits per heavy atom. The summed E-state index contributed by atoms with van der Waals surface area (Å²) in [6.45, 7) is 4.08. The largest absolute Gasteiger partial charge is 0.490 e. The zero-order valence-electron chi connectivity index (χ0n) is 23.5. The first kappa shape index (κ1) is 30.1. The zero-order valence-corrected chi connectivity index (χ0v) is 25.1. The highest BCUT2D eigenvalue weighted by Crippen LogP contribution is 2.44. The first-order valence-electron chi connectivity index (χ1n) is 14.6. The monoisotopic (exact) mass is 604 g/mol. The van der Waals surface area contributed by atoms with Crippen LogP contribution in [0.1, 0.15) is 62.2 Å². The van der Waals surface area contributed by atoms with E-state index in [0.717, 1.165) is 49.4 Å². The third-order valence-electron chi connectivity index (χ3n) is 9.66. The summed E-state index contributed by atoms with van der Waals surface area (Å²) in [6, 6.07) is 5.07. The number of nitrogens with zero attached hydrogens (tertiary/aromatic N) is 1. The number of halogens is 1. The normalized spacial score (nSPS) is 32.8. The molecule has 1 aromatic rings. The van der Waals surface area contributed by atoms with Gasteiger partial charge in [-0.05, 0) is 86.5 Å². The Hall–Kier alpha value is -2.33. The van der Waals surface area contributed by atoms with Gasteiger partial charge < -0.3 is 19.8 Å². The number of aliphatic hydroxyl groups is 1. The van der Waals surface area contributed by atoms with E-state index in [1.165, 1.54) is 0 Å². The molecule has 1 aliphatic heterocycles. The van der Waals surface area contributed by atoms with Gasteiger partial charge in [0.05, 0.1) is 29.2 Å². The van der Waals surface area contributed by atoms with E-state index in [-0.39, 0.29) is 34.7 Å². The number of aliphatic hydroxyl groups excluding tert-OH is 1. The fourth-order valence-corrected chi connectivity index (χ4v) is 7.88. The van der Waals surface area contributed by atoms with Crippen LogP contribution in [0, 0.1) is 29.1 Å². The van der Waals surface area contributed by atoms with Gasteiger partial charge >= 0.3 is 5.97 Å². The summed E-state index contributed by atoms with van der Waals surface area (Å²) < 4.78 is 29.4. The molecular formula is C31H41ClN2O6S. The molecule has 1 heterocycles. The van der Waals surface area contributed by atoms with Gasteiger partial charge in [-0.25, -0.2) is 18.4 Å². The lowest BCUT2D eigenvalue weighted by molar-refractivity contribution is 0.0458. The van der Waals surface area contributed by atoms with Gasteiger partial charge in [0.15, 0.2) is 0 Å². The summed E-state index contributed by atoms with van der Waals surface area (Å²) in [5.74, 6) is 0.390. The van der Waals surface area contributed by atoms with Crippen LogP contribution >= 0.6 is 11.6 Å². The number of carboxylic acids is 1. The number of sulfonamides is 1. The second-order valence-corrected chi connectivity index (χ2v) is 14.8. The molecule has 4 aliphatic rings. The maximum Gasteiger partial charge on any atom is 0.335 e.